The second-order valence-electron chi connectivity index (χ2n) is 4.12. The lowest BCUT2D eigenvalue weighted by atomic mass is 10.1. The summed E-state index contributed by atoms with van der Waals surface area (Å²) in [5, 5.41) is 11.3. The number of amides is 1. The Morgan fingerprint density at radius 3 is 2.70 bits per heavy atom. The van der Waals surface area contributed by atoms with E-state index in [-0.39, 0.29) is 16.8 Å². The molecule has 20 heavy (non-hydrogen) atoms. The summed E-state index contributed by atoms with van der Waals surface area (Å²) >= 11 is 0. The average molecular weight is 274 g/mol. The fraction of sp³-hybridized carbons (Fsp3) is 0.0714. The van der Waals surface area contributed by atoms with Crippen molar-refractivity contribution < 1.29 is 19.1 Å². The molecule has 0 aliphatic heterocycles. The van der Waals surface area contributed by atoms with Gasteiger partial charge in [0, 0.05) is 6.20 Å². The van der Waals surface area contributed by atoms with Crippen LogP contribution in [0.4, 0.5) is 10.1 Å². The molecule has 0 aliphatic carbocycles. The minimum Gasteiger partial charge on any atom is -0.478 e. The van der Waals surface area contributed by atoms with Crippen LogP contribution in [0, 0.1) is 12.7 Å². The number of hydrogen-bond acceptors (Lipinski definition) is 3. The quantitative estimate of drug-likeness (QED) is 0.901. The van der Waals surface area contributed by atoms with Crippen LogP contribution in [0.2, 0.25) is 0 Å². The van der Waals surface area contributed by atoms with Crippen LogP contribution >= 0.6 is 0 Å². The molecule has 0 saturated carbocycles. The molecule has 2 rings (SSSR count). The second-order valence-corrected chi connectivity index (χ2v) is 4.12. The van der Waals surface area contributed by atoms with E-state index < -0.39 is 17.7 Å². The number of aromatic carboxylic acids is 1. The fourth-order valence-electron chi connectivity index (χ4n) is 1.69. The van der Waals surface area contributed by atoms with Gasteiger partial charge >= 0.3 is 5.97 Å². The van der Waals surface area contributed by atoms with Gasteiger partial charge in [0.15, 0.2) is 0 Å². The Balaban J connectivity index is 2.33. The summed E-state index contributed by atoms with van der Waals surface area (Å²) in [6, 6.07) is 5.67. The van der Waals surface area contributed by atoms with E-state index in [1.165, 1.54) is 24.5 Å². The Bertz CT molecular complexity index is 686. The predicted molar refractivity (Wildman–Crippen MR) is 70.3 cm³/mol. The highest BCUT2D eigenvalue weighted by Crippen LogP contribution is 2.17. The second kappa shape index (κ2) is 5.48. The van der Waals surface area contributed by atoms with Crippen molar-refractivity contribution in [3.63, 3.8) is 0 Å². The number of halogens is 1. The molecule has 0 saturated heterocycles. The van der Waals surface area contributed by atoms with E-state index in [9.17, 15) is 14.0 Å². The van der Waals surface area contributed by atoms with Crippen molar-refractivity contribution in [2.45, 2.75) is 6.92 Å². The molecule has 0 spiro atoms. The summed E-state index contributed by atoms with van der Waals surface area (Å²) < 4.78 is 13.8. The number of hydrogen-bond donors (Lipinski definition) is 2. The molecular formula is C14H11FN2O3. The number of carbonyl (C=O) groups is 2. The van der Waals surface area contributed by atoms with Crippen LogP contribution in [-0.4, -0.2) is 22.0 Å². The molecule has 1 heterocycles. The summed E-state index contributed by atoms with van der Waals surface area (Å²) in [6.45, 7) is 1.54. The highest BCUT2D eigenvalue weighted by Gasteiger charge is 2.16. The van der Waals surface area contributed by atoms with Gasteiger partial charge in [-0.3, -0.25) is 9.78 Å². The van der Waals surface area contributed by atoms with Crippen LogP contribution in [0.25, 0.3) is 0 Å². The van der Waals surface area contributed by atoms with Crippen molar-refractivity contribution in [2.24, 2.45) is 0 Å². The maximum absolute atomic E-state index is 13.8. The summed E-state index contributed by atoms with van der Waals surface area (Å²) in [7, 11) is 0. The van der Waals surface area contributed by atoms with Gasteiger partial charge in [-0.2, -0.15) is 0 Å². The summed E-state index contributed by atoms with van der Waals surface area (Å²) in [5.41, 5.74) is 0.0970. The number of nitrogens with one attached hydrogen (secondary N) is 1. The van der Waals surface area contributed by atoms with E-state index in [4.69, 9.17) is 5.11 Å². The van der Waals surface area contributed by atoms with E-state index >= 15 is 0 Å². The Labute approximate surface area is 114 Å². The molecular weight excluding hydrogens is 263 g/mol. The van der Waals surface area contributed by atoms with E-state index in [1.54, 1.807) is 19.1 Å². The number of anilines is 1. The minimum atomic E-state index is -1.20. The first-order chi connectivity index (χ1) is 9.50. The van der Waals surface area contributed by atoms with Gasteiger partial charge in [0.1, 0.15) is 5.82 Å². The highest BCUT2D eigenvalue weighted by atomic mass is 19.1. The predicted octanol–water partition coefficient (Wildman–Crippen LogP) is 2.48. The fourth-order valence-corrected chi connectivity index (χ4v) is 1.69. The number of nitrogens with zero attached hydrogens (tertiary/aromatic N) is 1. The molecule has 0 unspecified atom stereocenters. The Hall–Kier alpha value is -2.76. The first kappa shape index (κ1) is 13.7. The average Bonchev–Trinajstić information content (AvgIpc) is 2.42. The van der Waals surface area contributed by atoms with Crippen LogP contribution in [0.15, 0.2) is 36.7 Å². The normalized spacial score (nSPS) is 10.1. The van der Waals surface area contributed by atoms with Gasteiger partial charge in [0.2, 0.25) is 0 Å². The largest absolute Gasteiger partial charge is 0.478 e. The zero-order chi connectivity index (χ0) is 14.7. The third-order valence-electron chi connectivity index (χ3n) is 2.74. The van der Waals surface area contributed by atoms with Gasteiger partial charge in [0.25, 0.3) is 5.91 Å². The van der Waals surface area contributed by atoms with Crippen LogP contribution in [-0.2, 0) is 0 Å². The Morgan fingerprint density at radius 2 is 2.00 bits per heavy atom. The number of carboxylic acid groups (broad SMARTS) is 1. The number of rotatable bonds is 3. The van der Waals surface area contributed by atoms with Crippen LogP contribution in [0.5, 0.6) is 0 Å². The lowest BCUT2D eigenvalue weighted by molar-refractivity contribution is 0.0698. The maximum Gasteiger partial charge on any atom is 0.337 e. The summed E-state index contributed by atoms with van der Waals surface area (Å²) in [4.78, 5) is 26.7. The van der Waals surface area contributed by atoms with Crippen molar-refractivity contribution in [3.8, 4) is 0 Å². The van der Waals surface area contributed by atoms with Gasteiger partial charge in [0.05, 0.1) is 23.0 Å². The van der Waals surface area contributed by atoms with Gasteiger partial charge in [-0.1, -0.05) is 12.1 Å². The number of carbonyl (C=O) groups excluding carboxylic acids is 1. The molecule has 1 aromatic carbocycles. The van der Waals surface area contributed by atoms with E-state index in [2.05, 4.69) is 10.3 Å². The molecule has 1 aromatic heterocycles. The minimum absolute atomic E-state index is 0.0194. The van der Waals surface area contributed by atoms with Gasteiger partial charge in [-0.25, -0.2) is 9.18 Å². The number of aromatic nitrogens is 1. The molecule has 0 atom stereocenters. The molecule has 0 bridgehead atoms. The molecule has 0 aliphatic rings. The van der Waals surface area contributed by atoms with E-state index in [1.807, 2.05) is 0 Å². The molecule has 0 radical (unpaired) electrons. The van der Waals surface area contributed by atoms with Gasteiger partial charge in [-0.15, -0.1) is 0 Å². The Kier molecular flexibility index (Phi) is 3.74. The number of carboxylic acids is 1. The third-order valence-corrected chi connectivity index (χ3v) is 2.74. The molecule has 6 heteroatoms. The van der Waals surface area contributed by atoms with E-state index in [0.717, 1.165) is 0 Å². The zero-order valence-corrected chi connectivity index (χ0v) is 10.6. The molecule has 2 aromatic rings. The van der Waals surface area contributed by atoms with E-state index in [0.29, 0.717) is 5.56 Å². The van der Waals surface area contributed by atoms with Crippen molar-refractivity contribution in [1.29, 1.82) is 0 Å². The Morgan fingerprint density at radius 1 is 1.25 bits per heavy atom. The molecule has 102 valence electrons. The topological polar surface area (TPSA) is 79.3 Å². The first-order valence-electron chi connectivity index (χ1n) is 5.74. The van der Waals surface area contributed by atoms with Gasteiger partial charge in [-0.05, 0) is 24.6 Å². The molecule has 1 amide bonds. The van der Waals surface area contributed by atoms with Crippen molar-refractivity contribution in [3.05, 3.63) is 59.2 Å². The van der Waals surface area contributed by atoms with Crippen LogP contribution < -0.4 is 5.32 Å². The van der Waals surface area contributed by atoms with Crippen LogP contribution in [0.3, 0.4) is 0 Å². The monoisotopic (exact) mass is 274 g/mol. The summed E-state index contributed by atoms with van der Waals surface area (Å²) in [6.07, 6.45) is 2.50. The standard InChI is InChI=1S/C14H11FN2O3/c1-8-3-2-4-10(12(8)15)13(18)17-11-7-16-6-5-9(11)14(19)20/h2-7H,1H3,(H,17,18)(H,19,20). The smallest absolute Gasteiger partial charge is 0.337 e. The highest BCUT2D eigenvalue weighted by molar-refractivity contribution is 6.07. The first-order valence-corrected chi connectivity index (χ1v) is 5.74. The number of aryl methyl sites for hydroxylation is 1. The maximum atomic E-state index is 13.8. The molecule has 0 fully saturated rings. The zero-order valence-electron chi connectivity index (χ0n) is 10.6. The van der Waals surface area contributed by atoms with Crippen LogP contribution in [0.1, 0.15) is 26.3 Å². The van der Waals surface area contributed by atoms with Crippen molar-refractivity contribution in [2.75, 3.05) is 5.32 Å². The number of benzene rings is 1. The lowest BCUT2D eigenvalue weighted by Gasteiger charge is -2.09. The van der Waals surface area contributed by atoms with Crippen molar-refractivity contribution in [1.82, 2.24) is 4.98 Å². The van der Waals surface area contributed by atoms with Gasteiger partial charge < -0.3 is 10.4 Å². The number of pyridine rings is 1. The third kappa shape index (κ3) is 2.64. The molecule has 5 nitrogen and oxygen atoms in total. The summed E-state index contributed by atoms with van der Waals surface area (Å²) in [5.74, 6) is -2.56. The molecule has 2 N–H and O–H groups in total. The SMILES string of the molecule is Cc1cccc(C(=O)Nc2cnccc2C(=O)O)c1F. The lowest BCUT2D eigenvalue weighted by Crippen LogP contribution is -2.16. The van der Waals surface area contributed by atoms with Crippen molar-refractivity contribution >= 4 is 17.6 Å².